The van der Waals surface area contributed by atoms with Gasteiger partial charge in [0.05, 0.1) is 23.7 Å². The van der Waals surface area contributed by atoms with Crippen LogP contribution in [-0.4, -0.2) is 21.6 Å². The molecule has 0 saturated carbocycles. The molecule has 2 aromatic carbocycles. The van der Waals surface area contributed by atoms with Gasteiger partial charge in [0, 0.05) is 18.5 Å². The number of nitrogens with one attached hydrogen (secondary N) is 2. The maximum atomic E-state index is 9.59. The predicted octanol–water partition coefficient (Wildman–Crippen LogP) is 4.21. The molecule has 0 spiro atoms. The summed E-state index contributed by atoms with van der Waals surface area (Å²) in [5, 5.41) is 13.0. The second-order valence-electron chi connectivity index (χ2n) is 6.69. The molecule has 2 heterocycles. The number of aromatic amines is 1. The minimum Gasteiger partial charge on any atom is -0.460 e. The van der Waals surface area contributed by atoms with E-state index in [-0.39, 0.29) is 0 Å². The maximum absolute atomic E-state index is 9.59. The minimum atomic E-state index is -0.456. The van der Waals surface area contributed by atoms with Crippen LogP contribution in [0.3, 0.4) is 0 Å². The van der Waals surface area contributed by atoms with Gasteiger partial charge >= 0.3 is 0 Å². The molecule has 4 rings (SSSR count). The first-order valence-electron chi connectivity index (χ1n) is 9.20. The number of fused-ring (bicyclic) bond motifs is 1. The Morgan fingerprint density at radius 1 is 1.07 bits per heavy atom. The highest BCUT2D eigenvalue weighted by molar-refractivity contribution is 5.74. The fraction of sp³-hybridized carbons (Fsp3) is 0.227. The van der Waals surface area contributed by atoms with Gasteiger partial charge in [-0.25, -0.2) is 4.98 Å². The van der Waals surface area contributed by atoms with Crippen LogP contribution >= 0.6 is 0 Å². The number of H-pyrrole nitrogens is 1. The lowest BCUT2D eigenvalue weighted by molar-refractivity contribution is 0.199. The SMILES string of the molecule is C[C@@H](O)c1ccc(-c2ccc(CNCCc3nc4ccccc4[nH]3)o2)cc1. The van der Waals surface area contributed by atoms with E-state index >= 15 is 0 Å². The van der Waals surface area contributed by atoms with Gasteiger partial charge in [0.25, 0.3) is 0 Å². The molecule has 0 fully saturated rings. The molecule has 2 aromatic heterocycles. The van der Waals surface area contributed by atoms with Crippen LogP contribution in [0, 0.1) is 0 Å². The van der Waals surface area contributed by atoms with Gasteiger partial charge in [-0.15, -0.1) is 0 Å². The molecule has 3 N–H and O–H groups in total. The number of benzene rings is 2. The Labute approximate surface area is 158 Å². The van der Waals surface area contributed by atoms with Crippen LogP contribution in [0.5, 0.6) is 0 Å². The molecule has 0 unspecified atom stereocenters. The molecule has 0 amide bonds. The summed E-state index contributed by atoms with van der Waals surface area (Å²) in [6.07, 6.45) is 0.380. The average Bonchev–Trinajstić information content (AvgIpc) is 3.32. The molecule has 0 saturated heterocycles. The molecular weight excluding hydrogens is 338 g/mol. The van der Waals surface area contributed by atoms with Crippen molar-refractivity contribution in [3.8, 4) is 11.3 Å². The van der Waals surface area contributed by atoms with Gasteiger partial charge in [-0.05, 0) is 36.8 Å². The van der Waals surface area contributed by atoms with Crippen molar-refractivity contribution >= 4 is 11.0 Å². The van der Waals surface area contributed by atoms with Gasteiger partial charge in [-0.2, -0.15) is 0 Å². The number of furan rings is 1. The van der Waals surface area contributed by atoms with Crippen LogP contribution < -0.4 is 5.32 Å². The zero-order valence-corrected chi connectivity index (χ0v) is 15.3. The zero-order valence-electron chi connectivity index (χ0n) is 15.3. The fourth-order valence-electron chi connectivity index (χ4n) is 3.10. The van der Waals surface area contributed by atoms with Crippen molar-refractivity contribution in [1.82, 2.24) is 15.3 Å². The highest BCUT2D eigenvalue weighted by atomic mass is 16.3. The van der Waals surface area contributed by atoms with Gasteiger partial charge in [0.2, 0.25) is 0 Å². The van der Waals surface area contributed by atoms with E-state index in [1.807, 2.05) is 60.7 Å². The molecule has 5 heteroatoms. The molecule has 0 bridgehead atoms. The summed E-state index contributed by atoms with van der Waals surface area (Å²) >= 11 is 0. The average molecular weight is 361 g/mol. The van der Waals surface area contributed by atoms with Gasteiger partial charge in [0.15, 0.2) is 0 Å². The second kappa shape index (κ2) is 7.78. The van der Waals surface area contributed by atoms with Crippen LogP contribution in [0.2, 0.25) is 0 Å². The van der Waals surface area contributed by atoms with Crippen molar-refractivity contribution in [1.29, 1.82) is 0 Å². The summed E-state index contributed by atoms with van der Waals surface area (Å²) in [6, 6.07) is 19.8. The predicted molar refractivity (Wildman–Crippen MR) is 106 cm³/mol. The monoisotopic (exact) mass is 361 g/mol. The van der Waals surface area contributed by atoms with Crippen LogP contribution in [0.4, 0.5) is 0 Å². The largest absolute Gasteiger partial charge is 0.460 e. The molecule has 0 aliphatic rings. The Morgan fingerprint density at radius 2 is 1.89 bits per heavy atom. The van der Waals surface area contributed by atoms with E-state index in [0.717, 1.165) is 52.5 Å². The van der Waals surface area contributed by atoms with E-state index in [1.165, 1.54) is 0 Å². The van der Waals surface area contributed by atoms with Crippen molar-refractivity contribution in [2.24, 2.45) is 0 Å². The lowest BCUT2D eigenvalue weighted by Crippen LogP contribution is -2.16. The molecule has 27 heavy (non-hydrogen) atoms. The van der Waals surface area contributed by atoms with Gasteiger partial charge in [0.1, 0.15) is 17.3 Å². The normalized spacial score (nSPS) is 12.5. The summed E-state index contributed by atoms with van der Waals surface area (Å²) in [5.74, 6) is 2.72. The molecule has 5 nitrogen and oxygen atoms in total. The van der Waals surface area contributed by atoms with Gasteiger partial charge < -0.3 is 19.8 Å². The van der Waals surface area contributed by atoms with Crippen molar-refractivity contribution in [2.75, 3.05) is 6.54 Å². The summed E-state index contributed by atoms with van der Waals surface area (Å²) in [6.45, 7) is 3.25. The molecule has 4 aromatic rings. The van der Waals surface area contributed by atoms with Crippen LogP contribution in [-0.2, 0) is 13.0 Å². The second-order valence-corrected chi connectivity index (χ2v) is 6.69. The van der Waals surface area contributed by atoms with Crippen LogP contribution in [0.1, 0.15) is 30.2 Å². The Morgan fingerprint density at radius 3 is 2.67 bits per heavy atom. The van der Waals surface area contributed by atoms with E-state index < -0.39 is 6.10 Å². The molecule has 138 valence electrons. The Balaban J connectivity index is 1.30. The summed E-state index contributed by atoms with van der Waals surface area (Å²) in [4.78, 5) is 7.92. The Kier molecular flexibility index (Phi) is 5.05. The maximum Gasteiger partial charge on any atom is 0.134 e. The fourth-order valence-corrected chi connectivity index (χ4v) is 3.10. The third kappa shape index (κ3) is 4.10. The number of rotatable bonds is 7. The molecule has 0 aliphatic heterocycles. The lowest BCUT2D eigenvalue weighted by Gasteiger charge is -2.05. The topological polar surface area (TPSA) is 74.1 Å². The number of aliphatic hydroxyl groups excluding tert-OH is 1. The Hall–Kier alpha value is -2.89. The van der Waals surface area contributed by atoms with Crippen molar-refractivity contribution in [3.63, 3.8) is 0 Å². The van der Waals surface area contributed by atoms with E-state index in [2.05, 4.69) is 15.3 Å². The highest BCUT2D eigenvalue weighted by Crippen LogP contribution is 2.24. The third-order valence-electron chi connectivity index (χ3n) is 4.62. The van der Waals surface area contributed by atoms with Crippen LogP contribution in [0.15, 0.2) is 65.1 Å². The molecule has 0 aliphatic carbocycles. The summed E-state index contributed by atoms with van der Waals surface area (Å²) in [7, 11) is 0. The van der Waals surface area contributed by atoms with E-state index in [4.69, 9.17) is 4.42 Å². The number of para-hydroxylation sites is 2. The molecule has 0 radical (unpaired) electrons. The van der Waals surface area contributed by atoms with Crippen molar-refractivity contribution in [2.45, 2.75) is 26.0 Å². The first kappa shape index (κ1) is 17.5. The third-order valence-corrected chi connectivity index (χ3v) is 4.62. The van der Waals surface area contributed by atoms with Crippen molar-refractivity contribution in [3.05, 3.63) is 77.8 Å². The summed E-state index contributed by atoms with van der Waals surface area (Å²) < 4.78 is 5.92. The number of aromatic nitrogens is 2. The lowest BCUT2D eigenvalue weighted by atomic mass is 10.1. The zero-order chi connectivity index (χ0) is 18.6. The smallest absolute Gasteiger partial charge is 0.134 e. The van der Waals surface area contributed by atoms with Crippen molar-refractivity contribution < 1.29 is 9.52 Å². The quantitative estimate of drug-likeness (QED) is 0.431. The van der Waals surface area contributed by atoms with Gasteiger partial charge in [-0.3, -0.25) is 0 Å². The first-order valence-corrected chi connectivity index (χ1v) is 9.20. The number of imidazole rings is 1. The number of nitrogens with zero attached hydrogens (tertiary/aromatic N) is 1. The molecule has 1 atom stereocenters. The van der Waals surface area contributed by atoms with E-state index in [9.17, 15) is 5.11 Å². The first-order chi connectivity index (χ1) is 13.2. The van der Waals surface area contributed by atoms with E-state index in [0.29, 0.717) is 6.54 Å². The highest BCUT2D eigenvalue weighted by Gasteiger charge is 2.07. The van der Waals surface area contributed by atoms with Gasteiger partial charge in [-0.1, -0.05) is 36.4 Å². The van der Waals surface area contributed by atoms with E-state index in [1.54, 1.807) is 6.92 Å². The number of aliphatic hydroxyl groups is 1. The minimum absolute atomic E-state index is 0.456. The number of hydrogen-bond acceptors (Lipinski definition) is 4. The standard InChI is InChI=1S/C22H23N3O2/c1-15(26)16-6-8-17(9-7-16)21-11-10-18(27-21)14-23-13-12-22-24-19-4-2-3-5-20(19)25-22/h2-11,15,23,26H,12-14H2,1H3,(H,24,25)/t15-/m1/s1. The Bertz CT molecular complexity index is 982. The number of hydrogen-bond donors (Lipinski definition) is 3. The summed E-state index contributed by atoms with van der Waals surface area (Å²) in [5.41, 5.74) is 3.99. The van der Waals surface area contributed by atoms with Crippen LogP contribution in [0.25, 0.3) is 22.4 Å². The molecular formula is C22H23N3O2.